The maximum Gasteiger partial charge on any atom is 0.412 e. The van der Waals surface area contributed by atoms with E-state index in [0.29, 0.717) is 33.7 Å². The molecule has 3 aromatic carbocycles. The van der Waals surface area contributed by atoms with Crippen molar-refractivity contribution < 1.29 is 41.0 Å². The van der Waals surface area contributed by atoms with Gasteiger partial charge in [-0.25, -0.2) is 22.4 Å². The van der Waals surface area contributed by atoms with Gasteiger partial charge in [-0.1, -0.05) is 0 Å². The molecule has 2 heterocycles. The van der Waals surface area contributed by atoms with Crippen LogP contribution in [0.1, 0.15) is 24.3 Å². The van der Waals surface area contributed by atoms with Crippen LogP contribution in [0.25, 0.3) is 22.3 Å². The Hall–Kier alpha value is -4.78. The fraction of sp³-hybridized carbons (Fsp3) is 0.267. The molecular formula is C30H28FN3O8S. The molecule has 43 heavy (non-hydrogen) atoms. The molecule has 1 saturated carbocycles. The van der Waals surface area contributed by atoms with Gasteiger partial charge in [-0.3, -0.25) is 4.31 Å². The zero-order valence-electron chi connectivity index (χ0n) is 23.3. The second-order valence-corrected chi connectivity index (χ2v) is 12.3. The minimum Gasteiger partial charge on any atom is -0.457 e. The third-order valence-electron chi connectivity index (χ3n) is 7.17. The Morgan fingerprint density at radius 2 is 1.77 bits per heavy atom. The van der Waals surface area contributed by atoms with Crippen LogP contribution in [-0.4, -0.2) is 53.1 Å². The second-order valence-electron chi connectivity index (χ2n) is 10.4. The van der Waals surface area contributed by atoms with Crippen molar-refractivity contribution in [3.8, 4) is 28.6 Å². The highest BCUT2D eigenvalue weighted by Crippen LogP contribution is 2.50. The smallest absolute Gasteiger partial charge is 0.412 e. The number of rotatable bonds is 9. The molecule has 1 atom stereocenters. The molecule has 11 nitrogen and oxygen atoms in total. The number of anilines is 1. The minimum absolute atomic E-state index is 0.0273. The average molecular weight is 610 g/mol. The number of sulfonamides is 1. The SMILES string of the molecule is CNC(=O)Oc1c(-c2ccc(Oc3ccc(F)cc3)cc2)oc2cc(N(CC3COC(=O)N3)S(C)(=O)=O)c(C3CC3)cc12. The topological polar surface area (TPSA) is 136 Å². The van der Waals surface area contributed by atoms with Crippen molar-refractivity contribution in [2.75, 3.05) is 30.8 Å². The zero-order chi connectivity index (χ0) is 30.3. The summed E-state index contributed by atoms with van der Waals surface area (Å²) in [5.41, 5.74) is 2.07. The van der Waals surface area contributed by atoms with Gasteiger partial charge in [0.05, 0.1) is 29.9 Å². The van der Waals surface area contributed by atoms with Gasteiger partial charge < -0.3 is 29.3 Å². The van der Waals surface area contributed by atoms with E-state index in [4.69, 9.17) is 18.6 Å². The Bertz CT molecular complexity index is 1800. The molecule has 2 amide bonds. The van der Waals surface area contributed by atoms with Gasteiger partial charge in [-0.15, -0.1) is 0 Å². The lowest BCUT2D eigenvalue weighted by atomic mass is 10.0. The van der Waals surface area contributed by atoms with Crippen molar-refractivity contribution in [2.45, 2.75) is 24.8 Å². The van der Waals surface area contributed by atoms with Gasteiger partial charge >= 0.3 is 12.2 Å². The Balaban J connectivity index is 1.42. The predicted molar refractivity (Wildman–Crippen MR) is 156 cm³/mol. The number of nitrogens with zero attached hydrogens (tertiary/aromatic N) is 1. The van der Waals surface area contributed by atoms with Gasteiger partial charge in [0.15, 0.2) is 11.5 Å². The van der Waals surface area contributed by atoms with Crippen LogP contribution in [0.15, 0.2) is 65.1 Å². The molecule has 2 fully saturated rings. The summed E-state index contributed by atoms with van der Waals surface area (Å²) < 4.78 is 63.2. The Morgan fingerprint density at radius 3 is 2.35 bits per heavy atom. The number of furan rings is 1. The molecule has 1 aliphatic heterocycles. The van der Waals surface area contributed by atoms with Crippen LogP contribution in [0, 0.1) is 5.82 Å². The van der Waals surface area contributed by atoms with E-state index in [0.717, 1.165) is 24.7 Å². The van der Waals surface area contributed by atoms with Crippen LogP contribution in [0.2, 0.25) is 0 Å². The number of alkyl carbamates (subject to hydrolysis) is 1. The van der Waals surface area contributed by atoms with Gasteiger partial charge in [-0.05, 0) is 78.9 Å². The molecule has 1 saturated heterocycles. The van der Waals surface area contributed by atoms with Gasteiger partial charge in [0, 0.05) is 18.7 Å². The number of hydrogen-bond donors (Lipinski definition) is 2. The number of amides is 2. The summed E-state index contributed by atoms with van der Waals surface area (Å²) in [6.07, 6.45) is 1.54. The monoisotopic (exact) mass is 609 g/mol. The molecule has 0 bridgehead atoms. The molecule has 0 spiro atoms. The summed E-state index contributed by atoms with van der Waals surface area (Å²) in [4.78, 5) is 24.0. The van der Waals surface area contributed by atoms with Crippen LogP contribution >= 0.6 is 0 Å². The van der Waals surface area contributed by atoms with Crippen molar-refractivity contribution >= 4 is 38.9 Å². The van der Waals surface area contributed by atoms with E-state index in [2.05, 4.69) is 10.6 Å². The third-order valence-corrected chi connectivity index (χ3v) is 8.31. The molecule has 2 aliphatic rings. The average Bonchev–Trinajstić information content (AvgIpc) is 3.66. The largest absolute Gasteiger partial charge is 0.457 e. The number of nitrogens with one attached hydrogen (secondary N) is 2. The third kappa shape index (κ3) is 6.07. The van der Waals surface area contributed by atoms with E-state index >= 15 is 0 Å². The Morgan fingerprint density at radius 1 is 1.09 bits per heavy atom. The predicted octanol–water partition coefficient (Wildman–Crippen LogP) is 5.50. The summed E-state index contributed by atoms with van der Waals surface area (Å²) in [6, 6.07) is 15.4. The molecule has 6 rings (SSSR count). The molecule has 4 aromatic rings. The first-order valence-corrected chi connectivity index (χ1v) is 15.4. The van der Waals surface area contributed by atoms with Crippen molar-refractivity contribution in [3.05, 3.63) is 72.0 Å². The van der Waals surface area contributed by atoms with Crippen LogP contribution in [0.5, 0.6) is 17.2 Å². The molecular weight excluding hydrogens is 581 g/mol. The first-order chi connectivity index (χ1) is 20.6. The summed E-state index contributed by atoms with van der Waals surface area (Å²) in [6.45, 7) is 0.0161. The molecule has 224 valence electrons. The highest BCUT2D eigenvalue weighted by atomic mass is 32.2. The normalized spacial score (nSPS) is 16.4. The number of carbonyl (C=O) groups is 2. The van der Waals surface area contributed by atoms with Crippen LogP contribution in [0.4, 0.5) is 19.7 Å². The highest BCUT2D eigenvalue weighted by Gasteiger charge is 2.35. The number of fused-ring (bicyclic) bond motifs is 1. The highest BCUT2D eigenvalue weighted by molar-refractivity contribution is 7.92. The van der Waals surface area contributed by atoms with Crippen molar-refractivity contribution in [3.63, 3.8) is 0 Å². The molecule has 13 heteroatoms. The first-order valence-electron chi connectivity index (χ1n) is 13.5. The van der Waals surface area contributed by atoms with E-state index in [1.54, 1.807) is 30.3 Å². The van der Waals surface area contributed by atoms with E-state index in [-0.39, 0.29) is 36.4 Å². The molecule has 2 N–H and O–H groups in total. The van der Waals surface area contributed by atoms with Gasteiger partial charge in [0.2, 0.25) is 10.0 Å². The second kappa shape index (κ2) is 11.1. The summed E-state index contributed by atoms with van der Waals surface area (Å²) in [5, 5.41) is 5.58. The van der Waals surface area contributed by atoms with E-state index in [9.17, 15) is 22.4 Å². The van der Waals surface area contributed by atoms with Crippen LogP contribution in [0.3, 0.4) is 0 Å². The van der Waals surface area contributed by atoms with Crippen LogP contribution < -0.4 is 24.4 Å². The maximum atomic E-state index is 13.3. The number of halogens is 1. The van der Waals surface area contributed by atoms with Crippen molar-refractivity contribution in [2.24, 2.45) is 0 Å². The fourth-order valence-corrected chi connectivity index (χ4v) is 5.92. The zero-order valence-corrected chi connectivity index (χ0v) is 24.1. The van der Waals surface area contributed by atoms with Gasteiger partial charge in [0.25, 0.3) is 0 Å². The number of ether oxygens (including phenoxy) is 3. The Labute approximate surface area is 246 Å². The van der Waals surface area contributed by atoms with E-state index in [1.165, 1.54) is 35.6 Å². The molecule has 1 aromatic heterocycles. The minimum atomic E-state index is -3.78. The summed E-state index contributed by atoms with van der Waals surface area (Å²) in [5.74, 6) is 1.12. The molecule has 1 unspecified atom stereocenters. The number of hydrogen-bond acceptors (Lipinski definition) is 8. The maximum absolute atomic E-state index is 13.3. The van der Waals surface area contributed by atoms with Gasteiger partial charge in [0.1, 0.15) is 29.5 Å². The standard InChI is InChI=1S/C30H28FN3O8S/c1-32-29(35)42-28-24-13-23(17-3-4-17)25(34(43(2,37)38)15-20-16-39-30(36)33-20)14-26(24)41-27(28)18-5-9-21(10-6-18)40-22-11-7-19(31)8-12-22/h5-14,17,20H,3-4,15-16H2,1-2H3,(H,32,35)(H,33,36). The summed E-state index contributed by atoms with van der Waals surface area (Å²) in [7, 11) is -2.34. The summed E-state index contributed by atoms with van der Waals surface area (Å²) >= 11 is 0. The molecule has 0 radical (unpaired) electrons. The Kier molecular flexibility index (Phi) is 7.34. The van der Waals surface area contributed by atoms with Crippen molar-refractivity contribution in [1.29, 1.82) is 0 Å². The lowest BCUT2D eigenvalue weighted by Crippen LogP contribution is -2.43. The van der Waals surface area contributed by atoms with E-state index in [1.807, 2.05) is 6.07 Å². The lowest BCUT2D eigenvalue weighted by Gasteiger charge is -2.27. The van der Waals surface area contributed by atoms with Gasteiger partial charge in [-0.2, -0.15) is 0 Å². The quantitative estimate of drug-likeness (QED) is 0.254. The number of carbonyl (C=O) groups excluding carboxylic acids is 2. The fourth-order valence-electron chi connectivity index (χ4n) is 4.95. The van der Waals surface area contributed by atoms with Crippen molar-refractivity contribution in [1.82, 2.24) is 10.6 Å². The van der Waals surface area contributed by atoms with Crippen LogP contribution in [-0.2, 0) is 14.8 Å². The first kappa shape index (κ1) is 28.3. The lowest BCUT2D eigenvalue weighted by molar-refractivity contribution is 0.177. The molecule has 1 aliphatic carbocycles. The number of benzene rings is 3. The van der Waals surface area contributed by atoms with E-state index < -0.39 is 28.3 Å². The number of cyclic esters (lactones) is 1.